The molecule has 0 saturated heterocycles. The summed E-state index contributed by atoms with van der Waals surface area (Å²) < 4.78 is 38.0. The summed E-state index contributed by atoms with van der Waals surface area (Å²) in [6.45, 7) is 3.85. The largest absolute Gasteiger partial charge is 0.321 e. The van der Waals surface area contributed by atoms with Crippen LogP contribution < -0.4 is 5.56 Å². The molecule has 0 amide bonds. The molecule has 0 saturated carbocycles. The lowest BCUT2D eigenvalue weighted by molar-refractivity contribution is 0.408. The Morgan fingerprint density at radius 2 is 1.74 bits per heavy atom. The molecular formula is C26H24N4O3S2. The van der Waals surface area contributed by atoms with Gasteiger partial charge in [-0.1, -0.05) is 54.6 Å². The van der Waals surface area contributed by atoms with Crippen LogP contribution >= 0.6 is 11.7 Å². The Hall–Kier alpha value is -3.40. The summed E-state index contributed by atoms with van der Waals surface area (Å²) in [4.78, 5) is 16.1. The zero-order valence-corrected chi connectivity index (χ0v) is 21.0. The van der Waals surface area contributed by atoms with Crippen molar-refractivity contribution in [3.8, 4) is 0 Å². The lowest BCUT2D eigenvalue weighted by Crippen LogP contribution is -2.35. The smallest absolute Gasteiger partial charge is 0.252 e. The van der Waals surface area contributed by atoms with Crippen molar-refractivity contribution in [3.63, 3.8) is 0 Å². The van der Waals surface area contributed by atoms with Crippen LogP contribution in [-0.2, 0) is 23.0 Å². The van der Waals surface area contributed by atoms with E-state index in [1.165, 1.54) is 4.31 Å². The van der Waals surface area contributed by atoms with Gasteiger partial charge in [0, 0.05) is 18.7 Å². The lowest BCUT2D eigenvalue weighted by Gasteiger charge is -2.23. The molecule has 0 aliphatic carbocycles. The molecule has 0 fully saturated rings. The van der Waals surface area contributed by atoms with E-state index < -0.39 is 10.0 Å². The molecule has 2 aromatic heterocycles. The number of sulfonamides is 1. The average Bonchev–Trinajstić information content (AvgIpc) is 3.31. The van der Waals surface area contributed by atoms with Gasteiger partial charge in [-0.05, 0) is 54.5 Å². The third-order valence-corrected chi connectivity index (χ3v) is 8.75. The van der Waals surface area contributed by atoms with E-state index in [1.54, 1.807) is 25.1 Å². The Labute approximate surface area is 207 Å². The molecule has 9 heteroatoms. The minimum Gasteiger partial charge on any atom is -0.321 e. The number of pyridine rings is 1. The first-order valence-electron chi connectivity index (χ1n) is 11.2. The van der Waals surface area contributed by atoms with Crippen LogP contribution in [0.5, 0.6) is 0 Å². The molecule has 0 aliphatic rings. The van der Waals surface area contributed by atoms with Gasteiger partial charge in [0.15, 0.2) is 0 Å². The molecule has 35 heavy (non-hydrogen) atoms. The van der Waals surface area contributed by atoms with Crippen molar-refractivity contribution in [3.05, 3.63) is 99.3 Å². The SMILES string of the molecule is Cc1ccc2nsnc2c1S(=O)(=O)N(CCc1ccccc1)Cc1cc2cccc(C)c2[nH]c1=O. The van der Waals surface area contributed by atoms with Crippen LogP contribution in [0.4, 0.5) is 0 Å². The number of para-hydroxylation sites is 1. The number of H-pyrrole nitrogens is 1. The summed E-state index contributed by atoms with van der Waals surface area (Å²) >= 11 is 0.985. The molecule has 7 nitrogen and oxygen atoms in total. The second-order valence-electron chi connectivity index (χ2n) is 8.58. The lowest BCUT2D eigenvalue weighted by atomic mass is 10.1. The Balaban J connectivity index is 1.60. The topological polar surface area (TPSA) is 96.0 Å². The predicted molar refractivity (Wildman–Crippen MR) is 139 cm³/mol. The van der Waals surface area contributed by atoms with E-state index in [2.05, 4.69) is 13.7 Å². The summed E-state index contributed by atoms with van der Waals surface area (Å²) in [6.07, 6.45) is 0.509. The van der Waals surface area contributed by atoms with Crippen molar-refractivity contribution in [1.29, 1.82) is 0 Å². The van der Waals surface area contributed by atoms with Crippen LogP contribution in [0.25, 0.3) is 21.9 Å². The van der Waals surface area contributed by atoms with Crippen molar-refractivity contribution in [2.75, 3.05) is 6.54 Å². The van der Waals surface area contributed by atoms with Crippen molar-refractivity contribution in [2.24, 2.45) is 0 Å². The fourth-order valence-electron chi connectivity index (χ4n) is 4.30. The third-order valence-electron chi connectivity index (χ3n) is 6.18. The molecule has 1 N–H and O–H groups in total. The highest BCUT2D eigenvalue weighted by molar-refractivity contribution is 7.89. The highest BCUT2D eigenvalue weighted by atomic mass is 32.2. The number of fused-ring (bicyclic) bond motifs is 2. The van der Waals surface area contributed by atoms with E-state index >= 15 is 0 Å². The van der Waals surface area contributed by atoms with Crippen LogP contribution in [0.15, 0.2) is 76.4 Å². The zero-order valence-electron chi connectivity index (χ0n) is 19.4. The molecule has 5 aromatic rings. The minimum atomic E-state index is -3.99. The van der Waals surface area contributed by atoms with Gasteiger partial charge in [0.1, 0.15) is 15.9 Å². The van der Waals surface area contributed by atoms with Crippen molar-refractivity contribution < 1.29 is 8.42 Å². The van der Waals surface area contributed by atoms with Gasteiger partial charge in [0.25, 0.3) is 5.56 Å². The zero-order chi connectivity index (χ0) is 24.6. The van der Waals surface area contributed by atoms with Gasteiger partial charge in [-0.3, -0.25) is 4.79 Å². The van der Waals surface area contributed by atoms with Gasteiger partial charge in [-0.15, -0.1) is 0 Å². The fourth-order valence-corrected chi connectivity index (χ4v) is 6.67. The van der Waals surface area contributed by atoms with Gasteiger partial charge >= 0.3 is 0 Å². The molecule has 5 rings (SSSR count). The Morgan fingerprint density at radius 3 is 2.54 bits per heavy atom. The van der Waals surface area contributed by atoms with Gasteiger partial charge in [0.2, 0.25) is 10.0 Å². The van der Waals surface area contributed by atoms with E-state index in [1.807, 2.05) is 55.5 Å². The quantitative estimate of drug-likeness (QED) is 0.350. The first-order chi connectivity index (χ1) is 16.8. The number of hydrogen-bond acceptors (Lipinski definition) is 6. The number of aromatic nitrogens is 3. The molecule has 2 heterocycles. The van der Waals surface area contributed by atoms with E-state index in [9.17, 15) is 13.2 Å². The van der Waals surface area contributed by atoms with Crippen LogP contribution in [0, 0.1) is 13.8 Å². The number of aryl methyl sites for hydroxylation is 2. The molecular weight excluding hydrogens is 480 g/mol. The van der Waals surface area contributed by atoms with Gasteiger partial charge in [-0.2, -0.15) is 13.1 Å². The normalized spacial score (nSPS) is 12.1. The summed E-state index contributed by atoms with van der Waals surface area (Å²) in [5, 5.41) is 0.863. The maximum Gasteiger partial charge on any atom is 0.252 e. The van der Waals surface area contributed by atoms with Crippen LogP contribution in [0.3, 0.4) is 0 Å². The summed E-state index contributed by atoms with van der Waals surface area (Å²) in [6, 6.07) is 20.8. The van der Waals surface area contributed by atoms with E-state index in [4.69, 9.17) is 0 Å². The molecule has 0 spiro atoms. The molecule has 0 atom stereocenters. The molecule has 0 bridgehead atoms. The van der Waals surface area contributed by atoms with Gasteiger partial charge in [0.05, 0.1) is 17.2 Å². The average molecular weight is 505 g/mol. The van der Waals surface area contributed by atoms with E-state index in [0.717, 1.165) is 33.8 Å². The summed E-state index contributed by atoms with van der Waals surface area (Å²) in [5.74, 6) is 0. The molecule has 178 valence electrons. The number of hydrogen-bond donors (Lipinski definition) is 1. The maximum atomic E-state index is 14.1. The number of nitrogens with one attached hydrogen (secondary N) is 1. The Kier molecular flexibility index (Phi) is 6.22. The highest BCUT2D eigenvalue weighted by Gasteiger charge is 2.30. The number of nitrogens with zero attached hydrogens (tertiary/aromatic N) is 3. The third kappa shape index (κ3) is 4.50. The fraction of sp³-hybridized carbons (Fsp3) is 0.192. The second-order valence-corrected chi connectivity index (χ2v) is 11.0. The maximum absolute atomic E-state index is 14.1. The van der Waals surface area contributed by atoms with E-state index in [0.29, 0.717) is 28.6 Å². The van der Waals surface area contributed by atoms with Crippen molar-refractivity contribution in [2.45, 2.75) is 31.7 Å². The standard InChI is InChI=1S/C26H24N4O3S2/c1-17-7-6-10-20-15-21(26(31)27-23(17)20)16-30(14-13-19-8-4-3-5-9-19)35(32,33)25-18(2)11-12-22-24(25)29-34-28-22/h3-12,15H,13-14,16H2,1-2H3,(H,27,31). The van der Waals surface area contributed by atoms with Crippen molar-refractivity contribution >= 4 is 43.7 Å². The van der Waals surface area contributed by atoms with Gasteiger partial charge in [-0.25, -0.2) is 8.42 Å². The first kappa shape index (κ1) is 23.3. The number of aromatic amines is 1. The first-order valence-corrected chi connectivity index (χ1v) is 13.4. The Morgan fingerprint density at radius 1 is 0.943 bits per heavy atom. The Bertz CT molecular complexity index is 1690. The van der Waals surface area contributed by atoms with Gasteiger partial charge < -0.3 is 4.98 Å². The molecule has 0 radical (unpaired) electrons. The number of rotatable bonds is 7. The van der Waals surface area contributed by atoms with Crippen LogP contribution in [0.1, 0.15) is 22.3 Å². The molecule has 3 aromatic carbocycles. The molecule has 0 aliphatic heterocycles. The van der Waals surface area contributed by atoms with Crippen LogP contribution in [0.2, 0.25) is 0 Å². The summed E-state index contributed by atoms with van der Waals surface area (Å²) in [7, 11) is -3.99. The second kappa shape index (κ2) is 9.33. The van der Waals surface area contributed by atoms with E-state index in [-0.39, 0.29) is 23.5 Å². The monoisotopic (exact) mass is 504 g/mol. The highest BCUT2D eigenvalue weighted by Crippen LogP contribution is 2.29. The number of benzene rings is 3. The molecule has 0 unspecified atom stereocenters. The summed E-state index contributed by atoms with van der Waals surface area (Å²) in [5.41, 5.74) is 4.33. The minimum absolute atomic E-state index is 0.0538. The predicted octanol–water partition coefficient (Wildman–Crippen LogP) is 4.58. The van der Waals surface area contributed by atoms with Crippen molar-refractivity contribution in [1.82, 2.24) is 18.0 Å². The van der Waals surface area contributed by atoms with Crippen LogP contribution in [-0.4, -0.2) is 33.0 Å².